The maximum absolute atomic E-state index is 12.7. The first-order valence-electron chi connectivity index (χ1n) is 28.1. The molecule has 3 N–H and O–H groups in total. The van der Waals surface area contributed by atoms with Gasteiger partial charge in [0, 0.05) is 13.0 Å². The fraction of sp³-hybridized carbons (Fsp3) is 0.842. The van der Waals surface area contributed by atoms with Crippen molar-refractivity contribution in [3.8, 4) is 0 Å². The van der Waals surface area contributed by atoms with Crippen molar-refractivity contribution in [2.24, 2.45) is 0 Å². The zero-order valence-corrected chi connectivity index (χ0v) is 44.5. The Morgan fingerprint density at radius 1 is 0.478 bits per heavy atom. The Kier molecular flexibility index (Phi) is 52.5. The highest BCUT2D eigenvalue weighted by Crippen LogP contribution is 2.43. The van der Waals surface area contributed by atoms with Crippen LogP contribution in [0.1, 0.15) is 264 Å². The second-order valence-electron chi connectivity index (χ2n) is 18.9. The predicted molar refractivity (Wildman–Crippen MR) is 283 cm³/mol. The summed E-state index contributed by atoms with van der Waals surface area (Å²) in [5.74, 6) is -0.378. The topological polar surface area (TPSA) is 132 Å². The van der Waals surface area contributed by atoms with Crippen LogP contribution >= 0.6 is 7.82 Å². The molecule has 0 aliphatic heterocycles. The molecule has 0 heterocycles. The van der Waals surface area contributed by atoms with Gasteiger partial charge >= 0.3 is 13.8 Å². The van der Waals surface area contributed by atoms with Crippen LogP contribution in [0.5, 0.6) is 0 Å². The van der Waals surface area contributed by atoms with Crippen molar-refractivity contribution in [1.29, 1.82) is 0 Å². The average molecular weight is 967 g/mol. The molecular weight excluding hydrogens is 860 g/mol. The van der Waals surface area contributed by atoms with Gasteiger partial charge in [0.05, 0.1) is 26.4 Å². The Hall–Kier alpha value is -1.58. The van der Waals surface area contributed by atoms with Gasteiger partial charge in [-0.25, -0.2) is 4.57 Å². The molecule has 0 amide bonds. The standard InChI is InChI=1S/C57H107O9P/c1-3-5-7-9-11-13-15-17-19-21-23-25-27-28-30-32-34-36-38-40-42-44-46-48-50-63-53-56(54-65-67(61,62)64-52-55(59)51-58)66-57(60)49-47-45-43-41-39-37-35-33-31-29-26-24-22-20-18-16-14-12-10-8-6-4-2/h5,7,11,13,17,19,23,25,55-56,58-59H,3-4,6,8-10,12,14-16,18,20-22,24,26-54H2,1-2H3,(H,61,62)/b7-5-,13-11-,19-17-,25-23-. The molecule has 0 aromatic rings. The van der Waals surface area contributed by atoms with Crippen molar-refractivity contribution in [3.63, 3.8) is 0 Å². The van der Waals surface area contributed by atoms with Gasteiger partial charge in [0.2, 0.25) is 0 Å². The number of esters is 1. The Balaban J connectivity index is 4.00. The quantitative estimate of drug-likeness (QED) is 0.0236. The Labute approximate surface area is 413 Å². The maximum atomic E-state index is 12.7. The third kappa shape index (κ3) is 53.6. The number of unbranched alkanes of at least 4 members (excludes halogenated alkanes) is 32. The highest BCUT2D eigenvalue weighted by molar-refractivity contribution is 7.47. The summed E-state index contributed by atoms with van der Waals surface area (Å²) in [7, 11) is -4.53. The van der Waals surface area contributed by atoms with E-state index in [4.69, 9.17) is 23.6 Å². The second kappa shape index (κ2) is 53.8. The van der Waals surface area contributed by atoms with E-state index in [2.05, 4.69) is 62.5 Å². The third-order valence-electron chi connectivity index (χ3n) is 12.3. The SMILES string of the molecule is CC/C=C\C/C=C\C/C=C\C/C=C\CCCCCCCCCCCCCOCC(COP(=O)(O)OCC(O)CO)OC(=O)CCCCCCCCCCCCCCCCCCCCCCCC. The number of carbonyl (C=O) groups is 1. The Bertz CT molecular complexity index is 1190. The van der Waals surface area contributed by atoms with Crippen molar-refractivity contribution in [2.45, 2.75) is 276 Å². The fourth-order valence-corrected chi connectivity index (χ4v) is 8.85. The first kappa shape index (κ1) is 65.4. The highest BCUT2D eigenvalue weighted by Gasteiger charge is 2.26. The van der Waals surface area contributed by atoms with Crippen LogP contribution in [0.4, 0.5) is 0 Å². The van der Waals surface area contributed by atoms with Crippen molar-refractivity contribution in [1.82, 2.24) is 0 Å². The predicted octanol–water partition coefficient (Wildman–Crippen LogP) is 16.9. The fourth-order valence-electron chi connectivity index (χ4n) is 8.06. The number of phosphoric ester groups is 1. The Morgan fingerprint density at radius 3 is 1.28 bits per heavy atom. The largest absolute Gasteiger partial charge is 0.472 e. The molecule has 3 unspecified atom stereocenters. The second-order valence-corrected chi connectivity index (χ2v) is 20.4. The smallest absolute Gasteiger partial charge is 0.457 e. The molecule has 0 spiro atoms. The van der Waals surface area contributed by atoms with Gasteiger partial charge in [0.15, 0.2) is 0 Å². The van der Waals surface area contributed by atoms with Crippen LogP contribution in [0.2, 0.25) is 0 Å². The van der Waals surface area contributed by atoms with E-state index in [9.17, 15) is 19.4 Å². The number of hydrogen-bond acceptors (Lipinski definition) is 8. The van der Waals surface area contributed by atoms with E-state index in [1.165, 1.54) is 180 Å². The average Bonchev–Trinajstić information content (AvgIpc) is 3.32. The van der Waals surface area contributed by atoms with Crippen LogP contribution in [0.3, 0.4) is 0 Å². The van der Waals surface area contributed by atoms with E-state index in [0.717, 1.165) is 64.2 Å². The number of aliphatic hydroxyl groups is 2. The zero-order valence-electron chi connectivity index (χ0n) is 43.6. The molecule has 0 fully saturated rings. The molecule has 67 heavy (non-hydrogen) atoms. The van der Waals surface area contributed by atoms with E-state index >= 15 is 0 Å². The van der Waals surface area contributed by atoms with Gasteiger partial charge in [-0.1, -0.05) is 255 Å². The number of ether oxygens (including phenoxy) is 2. The van der Waals surface area contributed by atoms with Gasteiger partial charge in [0.1, 0.15) is 12.2 Å². The van der Waals surface area contributed by atoms with Gasteiger partial charge in [-0.3, -0.25) is 13.8 Å². The molecule has 0 bridgehead atoms. The summed E-state index contributed by atoms with van der Waals surface area (Å²) < 4.78 is 33.6. The minimum Gasteiger partial charge on any atom is -0.457 e. The number of hydrogen-bond donors (Lipinski definition) is 3. The van der Waals surface area contributed by atoms with Crippen LogP contribution in [-0.2, 0) is 27.9 Å². The lowest BCUT2D eigenvalue weighted by Gasteiger charge is -2.20. The van der Waals surface area contributed by atoms with Crippen molar-refractivity contribution < 1.29 is 43.0 Å². The summed E-state index contributed by atoms with van der Waals surface area (Å²) in [5.41, 5.74) is 0. The molecule has 0 aromatic carbocycles. The molecule has 0 saturated carbocycles. The lowest BCUT2D eigenvalue weighted by molar-refractivity contribution is -0.154. The molecule has 0 radical (unpaired) electrons. The lowest BCUT2D eigenvalue weighted by atomic mass is 10.0. The van der Waals surface area contributed by atoms with Gasteiger partial charge in [-0.15, -0.1) is 0 Å². The summed E-state index contributed by atoms with van der Waals surface area (Å²) >= 11 is 0. The summed E-state index contributed by atoms with van der Waals surface area (Å²) in [5, 5.41) is 18.5. The van der Waals surface area contributed by atoms with E-state index in [0.29, 0.717) is 6.61 Å². The zero-order chi connectivity index (χ0) is 48.8. The van der Waals surface area contributed by atoms with Gasteiger partial charge in [-0.05, 0) is 51.4 Å². The van der Waals surface area contributed by atoms with Crippen molar-refractivity contribution >= 4 is 13.8 Å². The minimum atomic E-state index is -4.53. The van der Waals surface area contributed by atoms with Gasteiger partial charge in [-0.2, -0.15) is 0 Å². The third-order valence-corrected chi connectivity index (χ3v) is 13.2. The molecule has 0 aromatic heterocycles. The van der Waals surface area contributed by atoms with E-state index < -0.39 is 33.2 Å². The molecule has 0 rings (SSSR count). The molecule has 0 aliphatic carbocycles. The van der Waals surface area contributed by atoms with E-state index in [1.807, 2.05) is 0 Å². The summed E-state index contributed by atoms with van der Waals surface area (Å²) in [6, 6.07) is 0. The highest BCUT2D eigenvalue weighted by atomic mass is 31.2. The van der Waals surface area contributed by atoms with Crippen LogP contribution in [0, 0.1) is 0 Å². The van der Waals surface area contributed by atoms with Gasteiger partial charge in [0.25, 0.3) is 0 Å². The number of rotatable bonds is 54. The molecule has 10 heteroatoms. The molecule has 394 valence electrons. The summed E-state index contributed by atoms with van der Waals surface area (Å²) in [6.07, 6.45) is 63.7. The monoisotopic (exact) mass is 967 g/mol. The molecule has 9 nitrogen and oxygen atoms in total. The maximum Gasteiger partial charge on any atom is 0.472 e. The lowest BCUT2D eigenvalue weighted by Crippen LogP contribution is -2.29. The van der Waals surface area contributed by atoms with Crippen LogP contribution in [-0.4, -0.2) is 66.3 Å². The normalized spacial score (nSPS) is 14.0. The number of carbonyl (C=O) groups excluding carboxylic acids is 1. The minimum absolute atomic E-state index is 0.0494. The summed E-state index contributed by atoms with van der Waals surface area (Å²) in [6.45, 7) is 3.46. The number of aliphatic hydroxyl groups excluding tert-OH is 2. The van der Waals surface area contributed by atoms with Crippen LogP contribution < -0.4 is 0 Å². The van der Waals surface area contributed by atoms with E-state index in [-0.39, 0.29) is 25.6 Å². The first-order chi connectivity index (χ1) is 32.8. The molecule has 0 saturated heterocycles. The number of phosphoric acid groups is 1. The van der Waals surface area contributed by atoms with Gasteiger partial charge < -0.3 is 24.6 Å². The van der Waals surface area contributed by atoms with Crippen LogP contribution in [0.25, 0.3) is 0 Å². The molecule has 0 aliphatic rings. The van der Waals surface area contributed by atoms with Crippen molar-refractivity contribution in [2.75, 3.05) is 33.0 Å². The van der Waals surface area contributed by atoms with Crippen molar-refractivity contribution in [3.05, 3.63) is 48.6 Å². The molecular formula is C57H107O9P. The summed E-state index contributed by atoms with van der Waals surface area (Å²) in [4.78, 5) is 22.8. The molecule has 3 atom stereocenters. The van der Waals surface area contributed by atoms with E-state index in [1.54, 1.807) is 0 Å². The van der Waals surface area contributed by atoms with Crippen LogP contribution in [0.15, 0.2) is 48.6 Å². The first-order valence-corrected chi connectivity index (χ1v) is 29.6. The number of allylic oxidation sites excluding steroid dienone is 8. The Morgan fingerprint density at radius 2 is 0.851 bits per heavy atom.